The minimum Gasteiger partial charge on any atom is -0.479 e. The van der Waals surface area contributed by atoms with Crippen molar-refractivity contribution in [1.29, 1.82) is 0 Å². The number of rotatable bonds is 21. The van der Waals surface area contributed by atoms with E-state index in [-0.39, 0.29) is 78.0 Å². The minimum atomic E-state index is -3.85. The van der Waals surface area contributed by atoms with Crippen LogP contribution in [0.2, 0.25) is 20.6 Å². The zero-order chi connectivity index (χ0) is 80.7. The number of carboxylic acids is 1. The summed E-state index contributed by atoms with van der Waals surface area (Å²) in [6, 6.07) is 0. The van der Waals surface area contributed by atoms with E-state index in [1.165, 1.54) is 61.9 Å². The van der Waals surface area contributed by atoms with Gasteiger partial charge in [-0.25, -0.2) is 78.2 Å². The van der Waals surface area contributed by atoms with E-state index in [0.717, 1.165) is 5.41 Å². The molecular weight excluding hydrogens is 1640 g/mol. The zero-order valence-corrected chi connectivity index (χ0v) is 66.7. The Labute approximate surface area is 652 Å². The highest BCUT2D eigenvalue weighted by atomic mass is 35.5. The lowest BCUT2D eigenvalue weighted by atomic mass is 10.1. The Morgan fingerprint density at radius 2 is 0.901 bits per heavy atom. The second-order valence-electron chi connectivity index (χ2n) is 26.1. The summed E-state index contributed by atoms with van der Waals surface area (Å²) in [5.41, 5.74) is 2.71. The van der Waals surface area contributed by atoms with Crippen LogP contribution in [-0.4, -0.2) is 265 Å². The first-order valence-corrected chi connectivity index (χ1v) is 41.8. The van der Waals surface area contributed by atoms with Crippen LogP contribution in [0.5, 0.6) is 0 Å². The summed E-state index contributed by atoms with van der Waals surface area (Å²) >= 11 is 24.0. The van der Waals surface area contributed by atoms with Crippen molar-refractivity contribution in [1.82, 2.24) is 78.1 Å². The Bertz CT molecular complexity index is 5080. The molecule has 8 aromatic heterocycles. The number of fused-ring (bicyclic) bond motifs is 7. The molecule has 16 atom stereocenters. The van der Waals surface area contributed by atoms with E-state index >= 15 is 0 Å². The van der Waals surface area contributed by atoms with Crippen LogP contribution in [0, 0.1) is 0 Å². The van der Waals surface area contributed by atoms with Crippen LogP contribution in [0.1, 0.15) is 101 Å². The molecule has 15 rings (SSSR count). The number of primary sulfonamides is 1. The normalized spacial score (nSPS) is 28.5. The summed E-state index contributed by atoms with van der Waals surface area (Å²) in [5.74, 6) is -3.96. The number of hydrogen-bond donors (Lipinski definition) is 5. The van der Waals surface area contributed by atoms with E-state index in [1.54, 1.807) is 68.5 Å². The molecule has 7 aliphatic rings. The lowest BCUT2D eigenvalue weighted by Crippen LogP contribution is -2.35. The number of carboxylic acid groups (broad SMARTS) is 1. The van der Waals surface area contributed by atoms with Gasteiger partial charge < -0.3 is 76.8 Å². The number of nitrogens with zero attached hydrogens (tertiary/aromatic N) is 16. The molecule has 15 heterocycles. The van der Waals surface area contributed by atoms with Gasteiger partial charge in [0.05, 0.1) is 75.6 Å². The first-order chi connectivity index (χ1) is 52.2. The van der Waals surface area contributed by atoms with Crippen LogP contribution >= 0.6 is 54.0 Å². The molecule has 7 aliphatic heterocycles. The van der Waals surface area contributed by atoms with E-state index in [1.807, 2.05) is 13.8 Å². The molecule has 0 spiro atoms. The fourth-order valence-electron chi connectivity index (χ4n) is 12.8. The number of aliphatic hydroxyl groups is 3. The van der Waals surface area contributed by atoms with Gasteiger partial charge >= 0.3 is 13.6 Å². The largest absolute Gasteiger partial charge is 0.479 e. The summed E-state index contributed by atoms with van der Waals surface area (Å²) in [4.78, 5) is 60.3. The van der Waals surface area contributed by atoms with Gasteiger partial charge in [-0.1, -0.05) is 46.4 Å². The van der Waals surface area contributed by atoms with Crippen molar-refractivity contribution in [3.05, 3.63) is 82.7 Å². The Hall–Kier alpha value is -6.07. The first-order valence-electron chi connectivity index (χ1n) is 33.8. The topological polar surface area (TPSA) is 547 Å². The Morgan fingerprint density at radius 3 is 1.32 bits per heavy atom. The molecule has 43 nitrogen and oxygen atoms in total. The standard InChI is InChI=1S/C16H19ClN4O6S.C13H13ClN4O5.C13H15ClN4O4.C11H14ClN5O5S.C7H17O6PS/c1-4-24-28(22,23)6-5-9-11-12(27-16(2,3)26-11)15(25-9)21-8-20-10-13(17)18-7-19-14(10)21;1-13(2)22-6-7(23-13)11(21-8(6)12(19)20)18-4-17-5-9(14)15-3-16-10(5)18;1-13(2)21-8-6(3-19)20-12(9(8)22-13)18-5-17-7-10(14)15-4-16-11(7)18;12-9-6-10(15-3-14-9)17(4-16-6)11-8(19)7(18)5(22-11)1-2-23(13,20)21;1-4-11-14(8,12-5-2)7-15(9,10)13-6-3/h5-9,11-12,15H,4H2,1-3H3;3-4,6-8,11H,1-2H3,(H,19,20);4-6,8-9,12,19H,3H2,1-2H3;3-5,7-8,11,18-19H,1-2H2,(H2,13,20,21);4-7H2,1-3H3/b6-5+;;;;/t9-,11-,12-,15?;6-,7+,8-,11?;6-,8-,9-,12?;5-,7-,8-,11?;/m1011./s1. The van der Waals surface area contributed by atoms with E-state index in [2.05, 4.69) is 64.0 Å². The third kappa shape index (κ3) is 19.4. The number of nitrogens with two attached hydrogens (primary N) is 1. The molecule has 6 N–H and O–H groups in total. The van der Waals surface area contributed by atoms with Gasteiger partial charge in [0.15, 0.2) is 97.1 Å². The predicted molar refractivity (Wildman–Crippen MR) is 384 cm³/mol. The summed E-state index contributed by atoms with van der Waals surface area (Å²) in [5, 5.41) is 45.9. The predicted octanol–water partition coefficient (Wildman–Crippen LogP) is 4.00. The number of hydrogen-bond acceptors (Lipinski definition) is 37. The van der Waals surface area contributed by atoms with Gasteiger partial charge in [-0.05, 0) is 81.7 Å². The van der Waals surface area contributed by atoms with Crippen LogP contribution in [-0.2, 0) is 104 Å². The highest BCUT2D eigenvalue weighted by Gasteiger charge is 2.60. The molecule has 7 saturated heterocycles. The summed E-state index contributed by atoms with van der Waals surface area (Å²) < 4.78 is 164. The Morgan fingerprint density at radius 1 is 0.523 bits per heavy atom. The molecule has 0 radical (unpaired) electrons. The summed E-state index contributed by atoms with van der Waals surface area (Å²) in [6.07, 6.45) is 0.894. The van der Waals surface area contributed by atoms with Gasteiger partial charge in [0.2, 0.25) is 10.0 Å². The second-order valence-corrected chi connectivity index (χ2v) is 34.9. The smallest absolute Gasteiger partial charge is 0.348 e. The number of carbonyl (C=O) groups is 1. The van der Waals surface area contributed by atoms with Crippen molar-refractivity contribution >= 4 is 135 Å². The maximum Gasteiger partial charge on any atom is 0.348 e. The van der Waals surface area contributed by atoms with E-state index < -0.39 is 153 Å². The third-order valence-corrected chi connectivity index (χ3v) is 24.4. The van der Waals surface area contributed by atoms with Crippen LogP contribution in [0.25, 0.3) is 44.7 Å². The van der Waals surface area contributed by atoms with Crippen molar-refractivity contribution in [2.45, 2.75) is 191 Å². The molecule has 610 valence electrons. The molecule has 0 saturated carbocycles. The third-order valence-electron chi connectivity index (χ3n) is 17.0. The van der Waals surface area contributed by atoms with E-state index in [4.69, 9.17) is 112 Å². The van der Waals surface area contributed by atoms with E-state index in [9.17, 15) is 55.0 Å². The Kier molecular flexibility index (Phi) is 26.6. The molecule has 0 aromatic carbocycles. The molecular formula is C60H78Cl4N17O26PS3. The number of aliphatic carboxylic acids is 1. The lowest BCUT2D eigenvalue weighted by molar-refractivity contribution is -0.202. The fraction of sp³-hybridized carbons (Fsp3) is 0.617. The van der Waals surface area contributed by atoms with Gasteiger partial charge in [-0.15, -0.1) is 0 Å². The van der Waals surface area contributed by atoms with Gasteiger partial charge in [0.1, 0.15) is 108 Å². The number of imidazole rings is 4. The summed E-state index contributed by atoms with van der Waals surface area (Å²) in [6.45, 7) is 17.2. The van der Waals surface area contributed by atoms with Crippen molar-refractivity contribution in [2.75, 3.05) is 44.3 Å². The van der Waals surface area contributed by atoms with Crippen LogP contribution in [0.15, 0.2) is 62.1 Å². The molecule has 0 amide bonds. The van der Waals surface area contributed by atoms with Gasteiger partial charge in [0.25, 0.3) is 20.2 Å². The molecule has 0 bridgehead atoms. The fourth-order valence-corrected chi connectivity index (χ4v) is 18.5. The first kappa shape index (κ1) is 85.8. The molecule has 4 unspecified atom stereocenters. The second kappa shape index (κ2) is 34.4. The number of sulfonamides is 1. The van der Waals surface area contributed by atoms with Crippen LogP contribution < -0.4 is 5.14 Å². The van der Waals surface area contributed by atoms with Crippen molar-refractivity contribution in [3.63, 3.8) is 0 Å². The monoisotopic (exact) mass is 1720 g/mol. The number of halogens is 4. The van der Waals surface area contributed by atoms with Gasteiger partial charge in [0, 0.05) is 0 Å². The lowest BCUT2D eigenvalue weighted by Gasteiger charge is -2.24. The Balaban J connectivity index is 0.000000139. The number of ether oxygens (including phenoxy) is 10. The number of aliphatic hydroxyl groups excluding tert-OH is 3. The highest BCUT2D eigenvalue weighted by Crippen LogP contribution is 2.50. The van der Waals surface area contributed by atoms with E-state index in [0.29, 0.717) is 44.7 Å². The molecule has 7 fully saturated rings. The minimum absolute atomic E-state index is 0.000579. The van der Waals surface area contributed by atoms with Gasteiger partial charge in [-0.3, -0.25) is 31.2 Å². The van der Waals surface area contributed by atoms with Crippen molar-refractivity contribution in [2.24, 2.45) is 5.14 Å². The molecule has 0 aliphatic carbocycles. The quantitative estimate of drug-likeness (QED) is 0.0385. The van der Waals surface area contributed by atoms with Crippen molar-refractivity contribution in [3.8, 4) is 0 Å². The van der Waals surface area contributed by atoms with Crippen LogP contribution in [0.3, 0.4) is 0 Å². The maximum absolute atomic E-state index is 11.8. The van der Waals surface area contributed by atoms with Crippen LogP contribution in [0.4, 0.5) is 0 Å². The highest BCUT2D eigenvalue weighted by molar-refractivity contribution is 7.93. The maximum atomic E-state index is 11.8. The SMILES string of the molecule is CC1(C)O[C@@H]2[C@@H](C(=O)O)OC(n3cnc4c(Cl)ncnc43)[C@@H]2O1.CC1(C)O[C@@H]2[C@@H](CO)OC(n3cnc4c(Cl)ncnc43)[C@@H]2O1.CCOP(=O)(CS(=O)(=O)OCC)OCC.CCOS(=O)(=O)/C=C/[C@H]1OC(n2cnc3c(Cl)ncnc32)[C@@H]2OC(C)(C)O[C@H]12.NS(=O)(=O)CC[C@H]1OC(n2cnc3c(Cl)ncnc32)[C@H](O)[C@@H]1O. The molecule has 8 aromatic rings. The van der Waals surface area contributed by atoms with Crippen molar-refractivity contribution < 1.29 is 120 Å². The number of aromatic nitrogens is 16. The summed E-state index contributed by atoms with van der Waals surface area (Å²) in [7, 11) is -14.9. The zero-order valence-electron chi connectivity index (χ0n) is 60.4. The average molecular weight is 1720 g/mol. The molecule has 111 heavy (non-hydrogen) atoms. The average Bonchev–Trinajstić information content (AvgIpc) is 1.60. The molecule has 51 heteroatoms. The van der Waals surface area contributed by atoms with Gasteiger partial charge in [-0.2, -0.15) is 16.8 Å².